The minimum absolute atomic E-state index is 0.299. The lowest BCUT2D eigenvalue weighted by atomic mass is 10.0. The molecular formula is C20H23FN4O2. The quantitative estimate of drug-likeness (QED) is 0.414. The van der Waals surface area contributed by atoms with Crippen molar-refractivity contribution < 1.29 is 14.4 Å². The second-order valence-corrected chi connectivity index (χ2v) is 6.61. The molecule has 3 N–H and O–H groups in total. The van der Waals surface area contributed by atoms with Crippen molar-refractivity contribution in [2.75, 3.05) is 18.4 Å². The molecule has 6 nitrogen and oxygen atoms in total. The van der Waals surface area contributed by atoms with Crippen LogP contribution in [0.15, 0.2) is 54.5 Å². The van der Waals surface area contributed by atoms with Crippen LogP contribution in [0, 0.1) is 0 Å². The Labute approximate surface area is 157 Å². The lowest BCUT2D eigenvalue weighted by Crippen LogP contribution is -2.41. The van der Waals surface area contributed by atoms with Gasteiger partial charge in [0, 0.05) is 25.3 Å². The summed E-state index contributed by atoms with van der Waals surface area (Å²) in [6, 6.07) is 14.1. The molecule has 2 heterocycles. The summed E-state index contributed by atoms with van der Waals surface area (Å²) >= 11 is 0. The van der Waals surface area contributed by atoms with Crippen LogP contribution in [0.4, 0.5) is 10.2 Å². The predicted molar refractivity (Wildman–Crippen MR) is 102 cm³/mol. The van der Waals surface area contributed by atoms with Crippen LogP contribution in [-0.4, -0.2) is 40.1 Å². The number of benzene rings is 1. The van der Waals surface area contributed by atoms with E-state index < -0.39 is 11.7 Å². The highest BCUT2D eigenvalue weighted by Crippen LogP contribution is 2.18. The van der Waals surface area contributed by atoms with Gasteiger partial charge in [-0.1, -0.05) is 30.3 Å². The van der Waals surface area contributed by atoms with Gasteiger partial charge in [-0.05, 0) is 48.7 Å². The number of aromatic nitrogens is 1. The number of halogens is 1. The topological polar surface area (TPSA) is 77.5 Å². The van der Waals surface area contributed by atoms with E-state index in [-0.39, 0.29) is 0 Å². The first-order chi connectivity index (χ1) is 13.1. The van der Waals surface area contributed by atoms with E-state index in [1.54, 1.807) is 12.1 Å². The number of nitrogens with zero attached hydrogens (tertiary/aromatic N) is 2. The Morgan fingerprint density at radius 1 is 1.30 bits per heavy atom. The van der Waals surface area contributed by atoms with Gasteiger partial charge in [-0.15, -0.1) is 0 Å². The molecule has 0 aliphatic carbocycles. The third-order valence-electron chi connectivity index (χ3n) is 4.50. The molecule has 0 unspecified atom stereocenters. The van der Waals surface area contributed by atoms with Gasteiger partial charge in [0.1, 0.15) is 5.82 Å². The predicted octanol–water partition coefficient (Wildman–Crippen LogP) is 2.97. The van der Waals surface area contributed by atoms with Crippen molar-refractivity contribution in [2.45, 2.75) is 25.4 Å². The van der Waals surface area contributed by atoms with Crippen molar-refractivity contribution in [3.8, 4) is 0 Å². The van der Waals surface area contributed by atoms with E-state index in [0.717, 1.165) is 38.6 Å². The van der Waals surface area contributed by atoms with Crippen molar-refractivity contribution in [3.05, 3.63) is 65.6 Å². The average Bonchev–Trinajstić information content (AvgIpc) is 2.70. The van der Waals surface area contributed by atoms with Gasteiger partial charge in [-0.3, -0.25) is 14.9 Å². The molecule has 7 heteroatoms. The Balaban J connectivity index is 1.56. The third-order valence-corrected chi connectivity index (χ3v) is 4.50. The van der Waals surface area contributed by atoms with E-state index in [1.165, 1.54) is 17.2 Å². The Bertz CT molecular complexity index is 780. The van der Waals surface area contributed by atoms with E-state index in [1.807, 2.05) is 6.07 Å². The minimum atomic E-state index is -1.18. The van der Waals surface area contributed by atoms with Crippen molar-refractivity contribution in [3.63, 3.8) is 0 Å². The van der Waals surface area contributed by atoms with Gasteiger partial charge in [-0.25, -0.2) is 14.9 Å². The number of hydrogen-bond donors (Lipinski definition) is 3. The van der Waals surface area contributed by atoms with Gasteiger partial charge in [0.25, 0.3) is 0 Å². The highest BCUT2D eigenvalue weighted by molar-refractivity contribution is 5.94. The molecule has 1 fully saturated rings. The maximum atomic E-state index is 13.4. The third kappa shape index (κ3) is 5.60. The molecule has 0 bridgehead atoms. The highest BCUT2D eigenvalue weighted by atomic mass is 19.1. The van der Waals surface area contributed by atoms with Gasteiger partial charge in [0.05, 0.1) is 0 Å². The molecule has 1 saturated heterocycles. The fraction of sp³-hybridized carbons (Fsp3) is 0.300. The summed E-state index contributed by atoms with van der Waals surface area (Å²) in [5.41, 5.74) is 3.00. The summed E-state index contributed by atoms with van der Waals surface area (Å²) in [6.07, 6.45) is 4.69. The van der Waals surface area contributed by atoms with E-state index in [0.29, 0.717) is 17.4 Å². The van der Waals surface area contributed by atoms with E-state index in [2.05, 4.69) is 39.5 Å². The second-order valence-electron chi connectivity index (χ2n) is 6.61. The molecule has 1 aromatic carbocycles. The normalized spacial score (nSPS) is 18.1. The molecule has 0 spiro atoms. The fourth-order valence-corrected chi connectivity index (χ4v) is 3.21. The summed E-state index contributed by atoms with van der Waals surface area (Å²) in [5.74, 6) is -1.55. The highest BCUT2D eigenvalue weighted by Gasteiger charge is 2.20. The SMILES string of the molecule is O=C(NO)C(F)=Cc1ccc(N[C@@H]2CCCN(Cc3ccccc3)C2)nc1. The van der Waals surface area contributed by atoms with Gasteiger partial charge in [0.15, 0.2) is 5.83 Å². The van der Waals surface area contributed by atoms with Gasteiger partial charge in [0.2, 0.25) is 0 Å². The molecule has 27 heavy (non-hydrogen) atoms. The molecule has 0 radical (unpaired) electrons. The maximum absolute atomic E-state index is 13.4. The van der Waals surface area contributed by atoms with Crippen molar-refractivity contribution in [1.82, 2.24) is 15.4 Å². The van der Waals surface area contributed by atoms with E-state index in [9.17, 15) is 9.18 Å². The molecule has 1 amide bonds. The number of carbonyl (C=O) groups is 1. The van der Waals surface area contributed by atoms with Crippen LogP contribution in [0.1, 0.15) is 24.0 Å². The van der Waals surface area contributed by atoms with E-state index in [4.69, 9.17) is 5.21 Å². The summed E-state index contributed by atoms with van der Waals surface area (Å²) < 4.78 is 13.4. The summed E-state index contributed by atoms with van der Waals surface area (Å²) in [7, 11) is 0. The maximum Gasteiger partial charge on any atom is 0.303 e. The van der Waals surface area contributed by atoms with Crippen LogP contribution in [0.3, 0.4) is 0 Å². The standard InChI is InChI=1S/C20H23FN4O2/c21-18(20(26)24-27)11-16-8-9-19(22-12-16)23-17-7-4-10-25(14-17)13-15-5-2-1-3-6-15/h1-3,5-6,8-9,11-12,17,27H,4,7,10,13-14H2,(H,22,23)(H,24,26)/t17-/m1/s1. The number of nitrogens with one attached hydrogen (secondary N) is 2. The van der Waals surface area contributed by atoms with Crippen LogP contribution >= 0.6 is 0 Å². The first-order valence-corrected chi connectivity index (χ1v) is 8.94. The van der Waals surface area contributed by atoms with Crippen LogP contribution in [0.2, 0.25) is 0 Å². The first kappa shape index (κ1) is 19.0. The van der Waals surface area contributed by atoms with Crippen LogP contribution < -0.4 is 10.8 Å². The molecule has 1 aliphatic rings. The molecule has 2 aromatic rings. The monoisotopic (exact) mass is 370 g/mol. The Morgan fingerprint density at radius 2 is 2.11 bits per heavy atom. The van der Waals surface area contributed by atoms with Gasteiger partial charge >= 0.3 is 5.91 Å². The minimum Gasteiger partial charge on any atom is -0.366 e. The van der Waals surface area contributed by atoms with Crippen molar-refractivity contribution in [1.29, 1.82) is 0 Å². The second kappa shape index (κ2) is 9.25. The van der Waals surface area contributed by atoms with Crippen LogP contribution in [0.5, 0.6) is 0 Å². The molecule has 3 rings (SSSR count). The van der Waals surface area contributed by atoms with Crippen molar-refractivity contribution >= 4 is 17.8 Å². The van der Waals surface area contributed by atoms with Crippen LogP contribution in [-0.2, 0) is 11.3 Å². The number of hydroxylamine groups is 1. The zero-order valence-corrected chi connectivity index (χ0v) is 14.9. The Kier molecular flexibility index (Phi) is 6.51. The number of carbonyl (C=O) groups excluding carboxylic acids is 1. The fourth-order valence-electron chi connectivity index (χ4n) is 3.21. The molecule has 1 aliphatic heterocycles. The number of anilines is 1. The Morgan fingerprint density at radius 3 is 2.81 bits per heavy atom. The van der Waals surface area contributed by atoms with Crippen LogP contribution in [0.25, 0.3) is 6.08 Å². The number of pyridine rings is 1. The summed E-state index contributed by atoms with van der Waals surface area (Å²) in [6.45, 7) is 2.95. The zero-order valence-electron chi connectivity index (χ0n) is 14.9. The lowest BCUT2D eigenvalue weighted by Gasteiger charge is -2.33. The summed E-state index contributed by atoms with van der Waals surface area (Å²) in [5, 5.41) is 11.8. The van der Waals surface area contributed by atoms with Crippen molar-refractivity contribution in [2.24, 2.45) is 0 Å². The number of amides is 1. The number of hydrogen-bond acceptors (Lipinski definition) is 5. The number of piperidine rings is 1. The smallest absolute Gasteiger partial charge is 0.303 e. The largest absolute Gasteiger partial charge is 0.366 e. The molecule has 1 aromatic heterocycles. The number of likely N-dealkylation sites (tertiary alicyclic amines) is 1. The van der Waals surface area contributed by atoms with Gasteiger partial charge in [-0.2, -0.15) is 0 Å². The average molecular weight is 370 g/mol. The first-order valence-electron chi connectivity index (χ1n) is 8.94. The Hall–Kier alpha value is -2.77. The molecule has 142 valence electrons. The summed E-state index contributed by atoms with van der Waals surface area (Å²) in [4.78, 5) is 17.7. The molecular weight excluding hydrogens is 347 g/mol. The molecule has 1 atom stereocenters. The van der Waals surface area contributed by atoms with Gasteiger partial charge < -0.3 is 5.32 Å². The number of rotatable bonds is 6. The zero-order chi connectivity index (χ0) is 19.1. The van der Waals surface area contributed by atoms with E-state index >= 15 is 0 Å². The lowest BCUT2D eigenvalue weighted by molar-refractivity contribution is -0.126. The molecule has 0 saturated carbocycles.